The number of carboxylic acid groups (broad SMARTS) is 1. The van der Waals surface area contributed by atoms with Crippen LogP contribution in [0.3, 0.4) is 0 Å². The lowest BCUT2D eigenvalue weighted by atomic mass is 10.0. The summed E-state index contributed by atoms with van der Waals surface area (Å²) in [6.45, 7) is 0.722. The SMILES string of the molecule is COc1cccc(C2CCCN2C(=O)Cc2cccc(C(=O)O)c2)c1. The first-order valence-corrected chi connectivity index (χ1v) is 8.34. The van der Waals surface area contributed by atoms with Gasteiger partial charge in [0.25, 0.3) is 0 Å². The number of aromatic carboxylic acids is 1. The van der Waals surface area contributed by atoms with E-state index in [1.807, 2.05) is 29.2 Å². The smallest absolute Gasteiger partial charge is 0.335 e. The number of ether oxygens (including phenoxy) is 1. The van der Waals surface area contributed by atoms with Gasteiger partial charge in [-0.1, -0.05) is 24.3 Å². The summed E-state index contributed by atoms with van der Waals surface area (Å²) >= 11 is 0. The summed E-state index contributed by atoms with van der Waals surface area (Å²) in [5, 5.41) is 9.09. The fourth-order valence-corrected chi connectivity index (χ4v) is 3.35. The molecule has 1 aliphatic rings. The molecule has 25 heavy (non-hydrogen) atoms. The fraction of sp³-hybridized carbons (Fsp3) is 0.300. The summed E-state index contributed by atoms with van der Waals surface area (Å²) < 4.78 is 5.28. The molecule has 2 aromatic rings. The lowest BCUT2D eigenvalue weighted by Crippen LogP contribution is -2.31. The Morgan fingerprint density at radius 2 is 2.00 bits per heavy atom. The Bertz CT molecular complexity index is 787. The Labute approximate surface area is 146 Å². The molecule has 1 N–H and O–H groups in total. The molecule has 1 saturated heterocycles. The van der Waals surface area contributed by atoms with Crippen LogP contribution in [-0.2, 0) is 11.2 Å². The zero-order valence-corrected chi connectivity index (χ0v) is 14.1. The molecule has 1 heterocycles. The average Bonchev–Trinajstić information content (AvgIpc) is 3.12. The predicted molar refractivity (Wildman–Crippen MR) is 93.8 cm³/mol. The molecule has 0 bridgehead atoms. The maximum Gasteiger partial charge on any atom is 0.335 e. The zero-order valence-electron chi connectivity index (χ0n) is 14.1. The maximum atomic E-state index is 12.8. The Hall–Kier alpha value is -2.82. The minimum Gasteiger partial charge on any atom is -0.497 e. The molecule has 0 spiro atoms. The summed E-state index contributed by atoms with van der Waals surface area (Å²) in [5.41, 5.74) is 2.00. The number of carbonyl (C=O) groups excluding carboxylic acids is 1. The second-order valence-electron chi connectivity index (χ2n) is 6.20. The molecular formula is C20H21NO4. The zero-order chi connectivity index (χ0) is 17.8. The topological polar surface area (TPSA) is 66.8 Å². The standard InChI is InChI=1S/C20H21NO4/c1-25-17-8-3-6-15(13-17)18-9-4-10-21(18)19(22)12-14-5-2-7-16(11-14)20(23)24/h2-3,5-8,11,13,18H,4,9-10,12H2,1H3,(H,23,24). The number of carboxylic acids is 1. The van der Waals surface area contributed by atoms with Gasteiger partial charge in [-0.2, -0.15) is 0 Å². The van der Waals surface area contributed by atoms with Gasteiger partial charge in [0.1, 0.15) is 5.75 Å². The van der Waals surface area contributed by atoms with E-state index in [1.165, 1.54) is 6.07 Å². The van der Waals surface area contributed by atoms with Crippen molar-refractivity contribution >= 4 is 11.9 Å². The third-order valence-electron chi connectivity index (χ3n) is 4.58. The third kappa shape index (κ3) is 3.82. The monoisotopic (exact) mass is 339 g/mol. The molecule has 1 amide bonds. The van der Waals surface area contributed by atoms with Crippen molar-refractivity contribution in [1.29, 1.82) is 0 Å². The van der Waals surface area contributed by atoms with Gasteiger partial charge in [0.15, 0.2) is 0 Å². The average molecular weight is 339 g/mol. The second kappa shape index (κ2) is 7.38. The van der Waals surface area contributed by atoms with Gasteiger partial charge in [0.05, 0.1) is 25.1 Å². The summed E-state index contributed by atoms with van der Waals surface area (Å²) in [5.74, 6) is -0.177. The summed E-state index contributed by atoms with van der Waals surface area (Å²) in [6, 6.07) is 14.4. The Kier molecular flexibility index (Phi) is 5.03. The number of carbonyl (C=O) groups is 2. The molecule has 5 nitrogen and oxygen atoms in total. The molecule has 0 aliphatic carbocycles. The van der Waals surface area contributed by atoms with Gasteiger partial charge < -0.3 is 14.7 Å². The molecule has 5 heteroatoms. The van der Waals surface area contributed by atoms with E-state index in [1.54, 1.807) is 25.3 Å². The number of methoxy groups -OCH3 is 1. The first kappa shape index (κ1) is 17.0. The van der Waals surface area contributed by atoms with Crippen LogP contribution in [0.15, 0.2) is 48.5 Å². The van der Waals surface area contributed by atoms with E-state index in [-0.39, 0.29) is 23.9 Å². The van der Waals surface area contributed by atoms with Crippen LogP contribution in [0.2, 0.25) is 0 Å². The molecular weight excluding hydrogens is 318 g/mol. The Morgan fingerprint density at radius 1 is 1.20 bits per heavy atom. The summed E-state index contributed by atoms with van der Waals surface area (Å²) in [6.07, 6.45) is 2.10. The van der Waals surface area contributed by atoms with E-state index < -0.39 is 5.97 Å². The van der Waals surface area contributed by atoms with Gasteiger partial charge >= 0.3 is 5.97 Å². The number of amides is 1. The van der Waals surface area contributed by atoms with Gasteiger partial charge in [-0.25, -0.2) is 4.79 Å². The first-order valence-electron chi connectivity index (χ1n) is 8.34. The van der Waals surface area contributed by atoms with E-state index in [4.69, 9.17) is 9.84 Å². The van der Waals surface area contributed by atoms with Gasteiger partial charge in [0.2, 0.25) is 5.91 Å². The van der Waals surface area contributed by atoms with Crippen molar-refractivity contribution in [3.8, 4) is 5.75 Å². The lowest BCUT2D eigenvalue weighted by Gasteiger charge is -2.25. The molecule has 1 aliphatic heterocycles. The highest BCUT2D eigenvalue weighted by molar-refractivity contribution is 5.88. The van der Waals surface area contributed by atoms with Gasteiger partial charge in [-0.3, -0.25) is 4.79 Å². The predicted octanol–water partition coefficient (Wildman–Crippen LogP) is 3.30. The summed E-state index contributed by atoms with van der Waals surface area (Å²) in [4.78, 5) is 25.8. The number of nitrogens with zero attached hydrogens (tertiary/aromatic N) is 1. The molecule has 130 valence electrons. The number of likely N-dealkylation sites (tertiary alicyclic amines) is 1. The van der Waals surface area contributed by atoms with Crippen molar-refractivity contribution in [1.82, 2.24) is 4.90 Å². The second-order valence-corrected chi connectivity index (χ2v) is 6.20. The van der Waals surface area contributed by atoms with Crippen molar-refractivity contribution in [3.05, 3.63) is 65.2 Å². The van der Waals surface area contributed by atoms with Crippen molar-refractivity contribution in [2.24, 2.45) is 0 Å². The maximum absolute atomic E-state index is 12.8. The normalized spacial score (nSPS) is 16.7. The number of hydrogen-bond donors (Lipinski definition) is 1. The molecule has 1 fully saturated rings. The lowest BCUT2D eigenvalue weighted by molar-refractivity contribution is -0.131. The van der Waals surface area contributed by atoms with Crippen LogP contribution in [0, 0.1) is 0 Å². The Balaban J connectivity index is 1.76. The van der Waals surface area contributed by atoms with Crippen LogP contribution in [0.4, 0.5) is 0 Å². The van der Waals surface area contributed by atoms with Gasteiger partial charge in [-0.15, -0.1) is 0 Å². The Morgan fingerprint density at radius 3 is 2.76 bits per heavy atom. The molecule has 0 saturated carbocycles. The number of rotatable bonds is 5. The summed E-state index contributed by atoms with van der Waals surface area (Å²) in [7, 11) is 1.63. The molecule has 0 aromatic heterocycles. The minimum absolute atomic E-state index is 0.0212. The van der Waals surface area contributed by atoms with Crippen LogP contribution in [0.1, 0.15) is 40.4 Å². The van der Waals surface area contributed by atoms with Crippen molar-refractivity contribution < 1.29 is 19.4 Å². The molecule has 1 unspecified atom stereocenters. The highest BCUT2D eigenvalue weighted by Crippen LogP contribution is 2.33. The largest absolute Gasteiger partial charge is 0.497 e. The molecule has 3 rings (SSSR count). The van der Waals surface area contributed by atoms with E-state index in [0.717, 1.165) is 36.3 Å². The molecule has 1 atom stereocenters. The molecule has 2 aromatic carbocycles. The van der Waals surface area contributed by atoms with E-state index >= 15 is 0 Å². The van der Waals surface area contributed by atoms with Crippen LogP contribution in [-0.4, -0.2) is 35.5 Å². The fourth-order valence-electron chi connectivity index (χ4n) is 3.35. The third-order valence-corrected chi connectivity index (χ3v) is 4.58. The van der Waals surface area contributed by atoms with Gasteiger partial charge in [-0.05, 0) is 48.2 Å². The van der Waals surface area contributed by atoms with Crippen molar-refractivity contribution in [2.45, 2.75) is 25.3 Å². The highest BCUT2D eigenvalue weighted by Gasteiger charge is 2.30. The number of hydrogen-bond acceptors (Lipinski definition) is 3. The van der Waals surface area contributed by atoms with Crippen LogP contribution >= 0.6 is 0 Å². The number of benzene rings is 2. The quantitative estimate of drug-likeness (QED) is 0.908. The van der Waals surface area contributed by atoms with Crippen LogP contribution in [0.5, 0.6) is 5.75 Å². The highest BCUT2D eigenvalue weighted by atomic mass is 16.5. The van der Waals surface area contributed by atoms with E-state index in [0.29, 0.717) is 0 Å². The van der Waals surface area contributed by atoms with E-state index in [9.17, 15) is 9.59 Å². The molecule has 0 radical (unpaired) electrons. The van der Waals surface area contributed by atoms with Crippen molar-refractivity contribution in [3.63, 3.8) is 0 Å². The van der Waals surface area contributed by atoms with Crippen molar-refractivity contribution in [2.75, 3.05) is 13.7 Å². The first-order chi connectivity index (χ1) is 12.1. The van der Waals surface area contributed by atoms with Gasteiger partial charge in [0, 0.05) is 6.54 Å². The minimum atomic E-state index is -0.982. The van der Waals surface area contributed by atoms with Crippen LogP contribution in [0.25, 0.3) is 0 Å². The van der Waals surface area contributed by atoms with E-state index in [2.05, 4.69) is 0 Å². The van der Waals surface area contributed by atoms with Crippen LogP contribution < -0.4 is 4.74 Å².